The monoisotopic (exact) mass is 518 g/mol. The minimum Gasteiger partial charge on any atom is -0.478 e. The van der Waals surface area contributed by atoms with Gasteiger partial charge in [0, 0.05) is 22.6 Å². The summed E-state index contributed by atoms with van der Waals surface area (Å²) in [5.41, 5.74) is -5.66. The summed E-state index contributed by atoms with van der Waals surface area (Å²) >= 11 is 5.73. The van der Waals surface area contributed by atoms with E-state index in [-0.39, 0.29) is 18.6 Å². The molecule has 0 saturated carbocycles. The third-order valence-electron chi connectivity index (χ3n) is 4.76. The van der Waals surface area contributed by atoms with Crippen molar-refractivity contribution < 1.29 is 49.4 Å². The van der Waals surface area contributed by atoms with Gasteiger partial charge in [-0.2, -0.15) is 26.3 Å². The fourth-order valence-electron chi connectivity index (χ4n) is 3.20. The first kappa shape index (κ1) is 27.6. The number of hydrogen-bond acceptors (Lipinski definition) is 1. The zero-order valence-electron chi connectivity index (χ0n) is 17.2. The van der Waals surface area contributed by atoms with Crippen LogP contribution in [0.15, 0.2) is 42.5 Å². The van der Waals surface area contributed by atoms with E-state index < -0.39 is 75.2 Å². The zero-order chi connectivity index (χ0) is 26.1. The van der Waals surface area contributed by atoms with Gasteiger partial charge in [0.25, 0.3) is 5.92 Å². The van der Waals surface area contributed by atoms with Gasteiger partial charge in [-0.1, -0.05) is 31.0 Å². The van der Waals surface area contributed by atoms with E-state index in [9.17, 15) is 44.3 Å². The number of carboxylic acid groups (broad SMARTS) is 1. The van der Waals surface area contributed by atoms with E-state index in [1.54, 1.807) is 0 Å². The molecular weight excluding hydrogens is 503 g/mol. The van der Waals surface area contributed by atoms with Crippen LogP contribution in [0.4, 0.5) is 39.5 Å². The fraction of sp³-hybridized carbons (Fsp3) is 0.318. The number of hydrogen-bond donors (Lipinski definition) is 1. The molecule has 2 aromatic carbocycles. The first-order chi connectivity index (χ1) is 15.5. The molecule has 12 heteroatoms. The number of alkyl halides is 8. The number of rotatable bonds is 7. The molecule has 1 N–H and O–H groups in total. The van der Waals surface area contributed by atoms with E-state index in [0.717, 1.165) is 6.07 Å². The second-order valence-corrected chi connectivity index (χ2v) is 7.76. The highest BCUT2D eigenvalue weighted by atomic mass is 35.5. The van der Waals surface area contributed by atoms with E-state index in [1.165, 1.54) is 6.92 Å². The van der Waals surface area contributed by atoms with Crippen molar-refractivity contribution in [2.75, 3.05) is 0 Å². The number of halogens is 10. The Kier molecular flexibility index (Phi) is 8.02. The van der Waals surface area contributed by atoms with Gasteiger partial charge in [-0.25, -0.2) is 18.0 Å². The lowest BCUT2D eigenvalue weighted by Gasteiger charge is -2.22. The Morgan fingerprint density at radius 2 is 1.65 bits per heavy atom. The molecule has 2 rings (SSSR count). The van der Waals surface area contributed by atoms with Gasteiger partial charge in [0.2, 0.25) is 0 Å². The van der Waals surface area contributed by atoms with Crippen LogP contribution in [0.25, 0.3) is 5.83 Å². The minimum absolute atomic E-state index is 0.0000457. The number of carboxylic acids is 1. The summed E-state index contributed by atoms with van der Waals surface area (Å²) in [5.74, 6) is -10.1. The van der Waals surface area contributed by atoms with Gasteiger partial charge in [-0.05, 0) is 42.0 Å². The Bertz CT molecular complexity index is 1090. The lowest BCUT2D eigenvalue weighted by molar-refractivity contribution is -0.140. The van der Waals surface area contributed by atoms with Gasteiger partial charge in [0.1, 0.15) is 11.7 Å². The summed E-state index contributed by atoms with van der Waals surface area (Å²) in [6.07, 6.45) is -11.2. The van der Waals surface area contributed by atoms with E-state index in [0.29, 0.717) is 24.3 Å². The van der Waals surface area contributed by atoms with Crippen LogP contribution in [0.3, 0.4) is 0 Å². The van der Waals surface area contributed by atoms with Gasteiger partial charge in [-0.3, -0.25) is 0 Å². The normalized spacial score (nSPS) is 14.3. The van der Waals surface area contributed by atoms with Crippen LogP contribution in [0, 0.1) is 0 Å². The lowest BCUT2D eigenvalue weighted by Crippen LogP contribution is -2.21. The van der Waals surface area contributed by atoms with E-state index >= 15 is 0 Å². The summed E-state index contributed by atoms with van der Waals surface area (Å²) in [5, 5.41) is 8.41. The third kappa shape index (κ3) is 6.46. The summed E-state index contributed by atoms with van der Waals surface area (Å²) in [6, 6.07) is 3.01. The molecule has 0 aliphatic heterocycles. The predicted octanol–water partition coefficient (Wildman–Crippen LogP) is 8.61. The van der Waals surface area contributed by atoms with Crippen LogP contribution in [0.1, 0.15) is 58.3 Å². The smallest absolute Gasteiger partial charge is 0.417 e. The van der Waals surface area contributed by atoms with Crippen LogP contribution in [-0.2, 0) is 12.1 Å². The van der Waals surface area contributed by atoms with E-state index in [1.807, 2.05) is 0 Å². The quantitative estimate of drug-likeness (QED) is 0.373. The number of allylic oxidation sites excluding steroid dienone is 1. The van der Waals surface area contributed by atoms with Crippen molar-refractivity contribution in [3.63, 3.8) is 0 Å². The molecule has 2 aromatic rings. The molecule has 0 saturated heterocycles. The molecule has 0 aliphatic carbocycles. The molecule has 1 atom stereocenters. The summed E-state index contributed by atoms with van der Waals surface area (Å²) in [7, 11) is 0. The van der Waals surface area contributed by atoms with Crippen molar-refractivity contribution in [1.82, 2.24) is 0 Å². The Balaban J connectivity index is 2.64. The van der Waals surface area contributed by atoms with Crippen LogP contribution in [0.2, 0.25) is 5.02 Å². The van der Waals surface area contributed by atoms with Gasteiger partial charge in [-0.15, -0.1) is 0 Å². The van der Waals surface area contributed by atoms with Crippen molar-refractivity contribution in [3.8, 4) is 0 Å². The standard InChI is InChI=1S/C22H16ClF9O2/c1-2-5-20(25,26)13-6-12(7-14(23)9-13)16(21(27,28)29)10-18(24)11-3-4-15(19(33)34)17(8-11)22(30,31)32/h3-4,6-10,16H,2,5H2,1H3,(H,33,34). The molecule has 0 fully saturated rings. The molecule has 0 heterocycles. The summed E-state index contributed by atoms with van der Waals surface area (Å²) in [6.45, 7) is 1.43. The number of aromatic carboxylic acids is 1. The second kappa shape index (κ2) is 9.89. The summed E-state index contributed by atoms with van der Waals surface area (Å²) < 4.78 is 124. The van der Waals surface area contributed by atoms with Crippen molar-refractivity contribution in [2.45, 2.75) is 44.0 Å². The molecule has 1 unspecified atom stereocenters. The average Bonchev–Trinajstić information content (AvgIpc) is 2.69. The van der Waals surface area contributed by atoms with Gasteiger partial charge < -0.3 is 5.11 Å². The molecule has 34 heavy (non-hydrogen) atoms. The third-order valence-corrected chi connectivity index (χ3v) is 4.98. The highest BCUT2D eigenvalue weighted by Crippen LogP contribution is 2.43. The highest BCUT2D eigenvalue weighted by Gasteiger charge is 2.42. The Morgan fingerprint density at radius 3 is 2.15 bits per heavy atom. The molecule has 0 bridgehead atoms. The van der Waals surface area contributed by atoms with Crippen LogP contribution < -0.4 is 0 Å². The van der Waals surface area contributed by atoms with Crippen molar-refractivity contribution >= 4 is 23.4 Å². The average molecular weight is 519 g/mol. The van der Waals surface area contributed by atoms with E-state index in [2.05, 4.69) is 0 Å². The van der Waals surface area contributed by atoms with Gasteiger partial charge in [0.15, 0.2) is 0 Å². The van der Waals surface area contributed by atoms with Crippen molar-refractivity contribution in [3.05, 3.63) is 75.3 Å². The molecule has 0 aromatic heterocycles. The Labute approximate surface area is 192 Å². The molecule has 0 spiro atoms. The van der Waals surface area contributed by atoms with Crippen molar-refractivity contribution in [1.29, 1.82) is 0 Å². The van der Waals surface area contributed by atoms with Crippen molar-refractivity contribution in [2.24, 2.45) is 0 Å². The molecule has 186 valence electrons. The molecule has 2 nitrogen and oxygen atoms in total. The van der Waals surface area contributed by atoms with Gasteiger partial charge >= 0.3 is 18.3 Å². The maximum Gasteiger partial charge on any atom is 0.417 e. The number of carbonyl (C=O) groups is 1. The minimum atomic E-state index is -5.24. The first-order valence-electron chi connectivity index (χ1n) is 9.55. The van der Waals surface area contributed by atoms with E-state index in [4.69, 9.17) is 16.7 Å². The lowest BCUT2D eigenvalue weighted by atomic mass is 9.92. The Hall–Kier alpha value is -2.69. The van der Waals surface area contributed by atoms with Crippen LogP contribution in [-0.4, -0.2) is 17.3 Å². The largest absolute Gasteiger partial charge is 0.478 e. The molecule has 0 aliphatic rings. The SMILES string of the molecule is CCCC(F)(F)c1cc(Cl)cc(C(C=C(F)c2ccc(C(=O)O)c(C(F)(F)F)c2)C(F)(F)F)c1. The van der Waals surface area contributed by atoms with Gasteiger partial charge in [0.05, 0.1) is 11.1 Å². The predicted molar refractivity (Wildman–Crippen MR) is 107 cm³/mol. The maximum absolute atomic E-state index is 14.7. The van der Waals surface area contributed by atoms with Crippen LogP contribution >= 0.6 is 11.6 Å². The fourth-order valence-corrected chi connectivity index (χ4v) is 3.44. The first-order valence-corrected chi connectivity index (χ1v) is 9.93. The zero-order valence-corrected chi connectivity index (χ0v) is 17.9. The maximum atomic E-state index is 14.7. The molecular formula is C22H16ClF9O2. The molecule has 0 amide bonds. The summed E-state index contributed by atoms with van der Waals surface area (Å²) in [4.78, 5) is 11.0. The highest BCUT2D eigenvalue weighted by molar-refractivity contribution is 6.30. The topological polar surface area (TPSA) is 37.3 Å². The molecule has 0 radical (unpaired) electrons. The second-order valence-electron chi connectivity index (χ2n) is 7.32. The Morgan fingerprint density at radius 1 is 1.03 bits per heavy atom. The number of benzene rings is 2. The van der Waals surface area contributed by atoms with Crippen LogP contribution in [0.5, 0.6) is 0 Å².